The minimum Gasteiger partial charge on any atom is -0.385 e. The van der Waals surface area contributed by atoms with Crippen LogP contribution in [0.5, 0.6) is 0 Å². The first-order valence-corrected chi connectivity index (χ1v) is 5.96. The molecule has 3 N–H and O–H groups in total. The number of amides is 1. The molecule has 0 aromatic carbocycles. The summed E-state index contributed by atoms with van der Waals surface area (Å²) in [7, 11) is 1.67. The van der Waals surface area contributed by atoms with Gasteiger partial charge in [-0.3, -0.25) is 9.69 Å². The van der Waals surface area contributed by atoms with Gasteiger partial charge in [0.1, 0.15) is 0 Å². The summed E-state index contributed by atoms with van der Waals surface area (Å²) in [6.07, 6.45) is 2.86. The quantitative estimate of drug-likeness (QED) is 0.606. The lowest BCUT2D eigenvalue weighted by Crippen LogP contribution is -2.44. The van der Waals surface area contributed by atoms with Gasteiger partial charge >= 0.3 is 0 Å². The molecule has 5 heteroatoms. The van der Waals surface area contributed by atoms with Gasteiger partial charge < -0.3 is 15.8 Å². The van der Waals surface area contributed by atoms with Crippen molar-refractivity contribution in [3.63, 3.8) is 0 Å². The van der Waals surface area contributed by atoms with Crippen LogP contribution in [0.3, 0.4) is 0 Å². The average Bonchev–Trinajstić information content (AvgIpc) is 2.28. The van der Waals surface area contributed by atoms with E-state index in [1.807, 2.05) is 0 Å². The molecule has 94 valence electrons. The number of likely N-dealkylation sites (tertiary alicyclic amines) is 1. The van der Waals surface area contributed by atoms with Crippen LogP contribution in [0, 0.1) is 0 Å². The number of carbonyl (C=O) groups excluding carboxylic acids is 1. The molecule has 0 aliphatic carbocycles. The monoisotopic (exact) mass is 229 g/mol. The Bertz CT molecular complexity index is 203. The van der Waals surface area contributed by atoms with Crippen molar-refractivity contribution in [2.24, 2.45) is 5.73 Å². The molecule has 0 spiro atoms. The fraction of sp³-hybridized carbons (Fsp3) is 0.909. The van der Waals surface area contributed by atoms with Gasteiger partial charge in [0, 0.05) is 39.4 Å². The summed E-state index contributed by atoms with van der Waals surface area (Å²) >= 11 is 0. The van der Waals surface area contributed by atoms with Crippen LogP contribution in [0.15, 0.2) is 0 Å². The van der Waals surface area contributed by atoms with Crippen LogP contribution in [0.4, 0.5) is 0 Å². The van der Waals surface area contributed by atoms with Gasteiger partial charge in [-0.05, 0) is 19.3 Å². The van der Waals surface area contributed by atoms with Gasteiger partial charge in [0.05, 0.1) is 6.54 Å². The molecule has 1 saturated heterocycles. The van der Waals surface area contributed by atoms with Crippen molar-refractivity contribution in [2.45, 2.75) is 25.3 Å². The molecule has 1 amide bonds. The highest BCUT2D eigenvalue weighted by atomic mass is 16.5. The number of nitrogens with two attached hydrogens (primary N) is 1. The molecule has 0 atom stereocenters. The summed E-state index contributed by atoms with van der Waals surface area (Å²) in [5, 5.41) is 2.88. The van der Waals surface area contributed by atoms with Crippen LogP contribution < -0.4 is 11.1 Å². The largest absolute Gasteiger partial charge is 0.385 e. The molecule has 1 fully saturated rings. The number of nitrogens with zero attached hydrogens (tertiary/aromatic N) is 1. The molecule has 0 saturated carbocycles. The third-order valence-corrected chi connectivity index (χ3v) is 2.85. The number of nitrogens with one attached hydrogen (secondary N) is 1. The maximum atomic E-state index is 11.5. The van der Waals surface area contributed by atoms with Crippen molar-refractivity contribution >= 4 is 5.91 Å². The molecular formula is C11H23N3O2. The Balaban J connectivity index is 2.05. The van der Waals surface area contributed by atoms with Crippen LogP contribution in [-0.4, -0.2) is 56.7 Å². The van der Waals surface area contributed by atoms with E-state index in [-0.39, 0.29) is 5.91 Å². The standard InChI is InChI=1S/C11H23N3O2/c1-16-8-2-5-13-11(15)9-14-6-3-10(12)4-7-14/h10H,2-9,12H2,1H3,(H,13,15). The molecule has 0 aromatic rings. The summed E-state index contributed by atoms with van der Waals surface area (Å²) in [5.41, 5.74) is 5.80. The Hall–Kier alpha value is -0.650. The molecule has 0 unspecified atom stereocenters. The van der Waals surface area contributed by atoms with Crippen molar-refractivity contribution in [2.75, 3.05) is 39.9 Å². The van der Waals surface area contributed by atoms with Crippen LogP contribution >= 0.6 is 0 Å². The molecule has 5 nitrogen and oxygen atoms in total. The summed E-state index contributed by atoms with van der Waals surface area (Å²) in [4.78, 5) is 13.7. The zero-order chi connectivity index (χ0) is 11.8. The van der Waals surface area contributed by atoms with E-state index < -0.39 is 0 Å². The van der Waals surface area contributed by atoms with Crippen LogP contribution in [0.2, 0.25) is 0 Å². The Morgan fingerprint density at radius 1 is 1.50 bits per heavy atom. The minimum absolute atomic E-state index is 0.103. The van der Waals surface area contributed by atoms with Gasteiger partial charge in [-0.2, -0.15) is 0 Å². The SMILES string of the molecule is COCCCNC(=O)CN1CCC(N)CC1. The highest BCUT2D eigenvalue weighted by Crippen LogP contribution is 2.06. The van der Waals surface area contributed by atoms with Crippen molar-refractivity contribution in [1.29, 1.82) is 0 Å². The van der Waals surface area contributed by atoms with Gasteiger partial charge in [-0.25, -0.2) is 0 Å². The first kappa shape index (κ1) is 13.4. The Morgan fingerprint density at radius 3 is 2.81 bits per heavy atom. The van der Waals surface area contributed by atoms with Gasteiger partial charge in [0.2, 0.25) is 5.91 Å². The fourth-order valence-corrected chi connectivity index (χ4v) is 1.81. The van der Waals surface area contributed by atoms with Crippen molar-refractivity contribution in [1.82, 2.24) is 10.2 Å². The predicted octanol–water partition coefficient (Wildman–Crippen LogP) is -0.438. The van der Waals surface area contributed by atoms with Crippen molar-refractivity contribution < 1.29 is 9.53 Å². The highest BCUT2D eigenvalue weighted by molar-refractivity contribution is 5.77. The number of hydrogen-bond donors (Lipinski definition) is 2. The number of methoxy groups -OCH3 is 1. The number of carbonyl (C=O) groups is 1. The lowest BCUT2D eigenvalue weighted by atomic mass is 10.1. The number of piperidine rings is 1. The summed E-state index contributed by atoms with van der Waals surface area (Å²) in [5.74, 6) is 0.103. The number of hydrogen-bond acceptors (Lipinski definition) is 4. The smallest absolute Gasteiger partial charge is 0.234 e. The number of ether oxygens (including phenoxy) is 1. The summed E-state index contributed by atoms with van der Waals surface area (Å²) < 4.78 is 4.91. The molecule has 0 aromatic heterocycles. The molecule has 16 heavy (non-hydrogen) atoms. The topological polar surface area (TPSA) is 67.6 Å². The van der Waals surface area contributed by atoms with E-state index in [4.69, 9.17) is 10.5 Å². The molecular weight excluding hydrogens is 206 g/mol. The normalized spacial score (nSPS) is 18.6. The van der Waals surface area contributed by atoms with Gasteiger partial charge in [0.15, 0.2) is 0 Å². The average molecular weight is 229 g/mol. The maximum Gasteiger partial charge on any atom is 0.234 e. The summed E-state index contributed by atoms with van der Waals surface area (Å²) in [6, 6.07) is 0.320. The second-order valence-corrected chi connectivity index (χ2v) is 4.31. The lowest BCUT2D eigenvalue weighted by molar-refractivity contribution is -0.122. The first-order valence-electron chi connectivity index (χ1n) is 5.96. The molecule has 1 aliphatic heterocycles. The van der Waals surface area contributed by atoms with E-state index in [1.54, 1.807) is 7.11 Å². The molecule has 1 aliphatic rings. The minimum atomic E-state index is 0.103. The van der Waals surface area contributed by atoms with Gasteiger partial charge in [-0.1, -0.05) is 0 Å². The zero-order valence-corrected chi connectivity index (χ0v) is 10.1. The Labute approximate surface area is 97.3 Å². The highest BCUT2D eigenvalue weighted by Gasteiger charge is 2.17. The Kier molecular flexibility index (Phi) is 6.37. The van der Waals surface area contributed by atoms with E-state index in [2.05, 4.69) is 10.2 Å². The maximum absolute atomic E-state index is 11.5. The zero-order valence-electron chi connectivity index (χ0n) is 10.1. The van der Waals surface area contributed by atoms with E-state index in [9.17, 15) is 4.79 Å². The second kappa shape index (κ2) is 7.60. The second-order valence-electron chi connectivity index (χ2n) is 4.31. The molecule has 0 bridgehead atoms. The van der Waals surface area contributed by atoms with Gasteiger partial charge in [-0.15, -0.1) is 0 Å². The van der Waals surface area contributed by atoms with E-state index in [0.717, 1.165) is 32.4 Å². The van der Waals surface area contributed by atoms with Crippen LogP contribution in [0.1, 0.15) is 19.3 Å². The van der Waals surface area contributed by atoms with Crippen molar-refractivity contribution in [3.8, 4) is 0 Å². The molecule has 1 heterocycles. The third kappa shape index (κ3) is 5.44. The molecule has 1 rings (SSSR count). The van der Waals surface area contributed by atoms with E-state index in [0.29, 0.717) is 25.7 Å². The molecule has 0 radical (unpaired) electrons. The Morgan fingerprint density at radius 2 is 2.19 bits per heavy atom. The first-order chi connectivity index (χ1) is 7.72. The van der Waals surface area contributed by atoms with E-state index in [1.165, 1.54) is 0 Å². The summed E-state index contributed by atoms with van der Waals surface area (Å²) in [6.45, 7) is 3.76. The van der Waals surface area contributed by atoms with Gasteiger partial charge in [0.25, 0.3) is 0 Å². The van der Waals surface area contributed by atoms with Crippen LogP contribution in [-0.2, 0) is 9.53 Å². The fourth-order valence-electron chi connectivity index (χ4n) is 1.81. The number of rotatable bonds is 6. The third-order valence-electron chi connectivity index (χ3n) is 2.85. The van der Waals surface area contributed by atoms with Crippen LogP contribution in [0.25, 0.3) is 0 Å². The predicted molar refractivity (Wildman–Crippen MR) is 63.2 cm³/mol. The lowest BCUT2D eigenvalue weighted by Gasteiger charge is -2.29. The van der Waals surface area contributed by atoms with Crippen molar-refractivity contribution in [3.05, 3.63) is 0 Å². The van der Waals surface area contributed by atoms with E-state index >= 15 is 0 Å².